The highest BCUT2D eigenvalue weighted by atomic mass is 16.5. The minimum absolute atomic E-state index is 0.295. The molecule has 0 radical (unpaired) electrons. The van der Waals surface area contributed by atoms with Gasteiger partial charge in [0.15, 0.2) is 0 Å². The zero-order valence-corrected chi connectivity index (χ0v) is 9.90. The van der Waals surface area contributed by atoms with Crippen molar-refractivity contribution in [3.8, 4) is 11.8 Å². The predicted molar refractivity (Wildman–Crippen MR) is 66.0 cm³/mol. The summed E-state index contributed by atoms with van der Waals surface area (Å²) in [5, 5.41) is 9.34. The fourth-order valence-corrected chi connectivity index (χ4v) is 1.92. The van der Waals surface area contributed by atoms with E-state index < -0.39 is 0 Å². The van der Waals surface area contributed by atoms with Gasteiger partial charge in [0.1, 0.15) is 11.7 Å². The second kappa shape index (κ2) is 4.75. The van der Waals surface area contributed by atoms with Crippen LogP contribution in [0.4, 0.5) is 0 Å². The van der Waals surface area contributed by atoms with Gasteiger partial charge in [0.05, 0.1) is 13.2 Å². The minimum atomic E-state index is -0.295. The maximum absolute atomic E-state index is 9.34. The fraction of sp³-hybridized carbons (Fsp3) is 0.214. The van der Waals surface area contributed by atoms with Crippen LogP contribution in [0.1, 0.15) is 22.6 Å². The summed E-state index contributed by atoms with van der Waals surface area (Å²) < 4.78 is 5.32. The van der Waals surface area contributed by atoms with E-state index >= 15 is 0 Å². The summed E-state index contributed by atoms with van der Waals surface area (Å²) in [4.78, 5) is 2.97. The Balaban J connectivity index is 2.51. The molecule has 2 aromatic rings. The molecule has 2 rings (SSSR count). The van der Waals surface area contributed by atoms with Crippen LogP contribution in [-0.2, 0) is 0 Å². The molecule has 1 aromatic carbocycles. The number of ether oxygens (including phenoxy) is 1. The van der Waals surface area contributed by atoms with Crippen LogP contribution in [0.25, 0.3) is 0 Å². The standard InChI is InChI=1S/C14H14N2O/c1-10-3-4-14(17-2)12(7-10)13(8-15)11-5-6-16-9-11/h3-7,9,13,16H,1-2H3. The Morgan fingerprint density at radius 2 is 2.18 bits per heavy atom. The smallest absolute Gasteiger partial charge is 0.123 e. The van der Waals surface area contributed by atoms with E-state index in [9.17, 15) is 5.26 Å². The molecule has 1 atom stereocenters. The lowest BCUT2D eigenvalue weighted by atomic mass is 9.93. The Kier molecular flexibility index (Phi) is 3.15. The third-order valence-corrected chi connectivity index (χ3v) is 2.78. The van der Waals surface area contributed by atoms with Crippen LogP contribution in [0.5, 0.6) is 5.75 Å². The van der Waals surface area contributed by atoms with Crippen molar-refractivity contribution in [2.24, 2.45) is 0 Å². The molecule has 1 N–H and O–H groups in total. The SMILES string of the molecule is COc1ccc(C)cc1C(C#N)c1cc[nH]c1. The molecule has 1 unspecified atom stereocenters. The highest BCUT2D eigenvalue weighted by molar-refractivity contribution is 5.47. The highest BCUT2D eigenvalue weighted by Gasteiger charge is 2.18. The summed E-state index contributed by atoms with van der Waals surface area (Å²) in [6, 6.07) is 10.1. The topological polar surface area (TPSA) is 48.8 Å². The third kappa shape index (κ3) is 2.16. The Morgan fingerprint density at radius 3 is 2.76 bits per heavy atom. The molecular formula is C14H14N2O. The third-order valence-electron chi connectivity index (χ3n) is 2.78. The van der Waals surface area contributed by atoms with E-state index in [4.69, 9.17) is 4.74 Å². The first-order valence-electron chi connectivity index (χ1n) is 5.43. The number of aryl methyl sites for hydroxylation is 1. The Bertz CT molecular complexity index is 538. The number of hydrogen-bond donors (Lipinski definition) is 1. The maximum atomic E-state index is 9.34. The van der Waals surface area contributed by atoms with Crippen molar-refractivity contribution in [2.75, 3.05) is 7.11 Å². The average molecular weight is 226 g/mol. The number of benzene rings is 1. The van der Waals surface area contributed by atoms with E-state index in [0.29, 0.717) is 0 Å². The van der Waals surface area contributed by atoms with Gasteiger partial charge in [-0.15, -0.1) is 0 Å². The van der Waals surface area contributed by atoms with E-state index in [1.54, 1.807) is 7.11 Å². The molecule has 0 aliphatic heterocycles. The monoisotopic (exact) mass is 226 g/mol. The molecule has 1 aromatic heterocycles. The normalized spacial score (nSPS) is 11.8. The molecule has 3 heteroatoms. The summed E-state index contributed by atoms with van der Waals surface area (Å²) >= 11 is 0. The van der Waals surface area contributed by atoms with Gasteiger partial charge in [0, 0.05) is 18.0 Å². The van der Waals surface area contributed by atoms with Crippen molar-refractivity contribution >= 4 is 0 Å². The summed E-state index contributed by atoms with van der Waals surface area (Å²) in [5.41, 5.74) is 2.99. The number of nitrogens with one attached hydrogen (secondary N) is 1. The molecule has 0 bridgehead atoms. The van der Waals surface area contributed by atoms with E-state index in [2.05, 4.69) is 11.1 Å². The number of hydrogen-bond acceptors (Lipinski definition) is 2. The van der Waals surface area contributed by atoms with Crippen molar-refractivity contribution in [2.45, 2.75) is 12.8 Å². The predicted octanol–water partition coefficient (Wildman–Crippen LogP) is 2.99. The summed E-state index contributed by atoms with van der Waals surface area (Å²) in [6.45, 7) is 2.01. The Hall–Kier alpha value is -2.21. The number of aromatic nitrogens is 1. The van der Waals surface area contributed by atoms with Gasteiger partial charge in [-0.2, -0.15) is 5.26 Å². The highest BCUT2D eigenvalue weighted by Crippen LogP contribution is 2.31. The lowest BCUT2D eigenvalue weighted by molar-refractivity contribution is 0.409. The minimum Gasteiger partial charge on any atom is -0.496 e. The van der Waals surface area contributed by atoms with E-state index in [-0.39, 0.29) is 5.92 Å². The first-order valence-corrected chi connectivity index (χ1v) is 5.43. The summed E-state index contributed by atoms with van der Waals surface area (Å²) in [7, 11) is 1.62. The molecule has 17 heavy (non-hydrogen) atoms. The molecule has 3 nitrogen and oxygen atoms in total. The lowest BCUT2D eigenvalue weighted by Gasteiger charge is -2.13. The van der Waals surface area contributed by atoms with Crippen LogP contribution in [-0.4, -0.2) is 12.1 Å². The summed E-state index contributed by atoms with van der Waals surface area (Å²) in [5.74, 6) is 0.458. The first kappa shape index (κ1) is 11.3. The van der Waals surface area contributed by atoms with Crippen LogP contribution >= 0.6 is 0 Å². The van der Waals surface area contributed by atoms with Crippen LogP contribution in [0.2, 0.25) is 0 Å². The zero-order valence-electron chi connectivity index (χ0n) is 9.90. The molecule has 0 fully saturated rings. The van der Waals surface area contributed by atoms with Crippen LogP contribution in [0.15, 0.2) is 36.7 Å². The van der Waals surface area contributed by atoms with Gasteiger partial charge in [0.2, 0.25) is 0 Å². The maximum Gasteiger partial charge on any atom is 0.123 e. The lowest BCUT2D eigenvalue weighted by Crippen LogP contribution is -2.00. The number of rotatable bonds is 3. The number of nitriles is 1. The Labute approximate surface area is 101 Å². The van der Waals surface area contributed by atoms with Gasteiger partial charge in [0.25, 0.3) is 0 Å². The van der Waals surface area contributed by atoms with Crippen LogP contribution in [0.3, 0.4) is 0 Å². The molecule has 0 spiro atoms. The van der Waals surface area contributed by atoms with Crippen molar-refractivity contribution in [1.82, 2.24) is 4.98 Å². The van der Waals surface area contributed by atoms with Crippen LogP contribution in [0, 0.1) is 18.3 Å². The molecule has 86 valence electrons. The largest absolute Gasteiger partial charge is 0.496 e. The first-order chi connectivity index (χ1) is 8.26. The molecule has 0 saturated heterocycles. The quantitative estimate of drug-likeness (QED) is 0.874. The Morgan fingerprint density at radius 1 is 1.35 bits per heavy atom. The molecule has 0 saturated carbocycles. The van der Waals surface area contributed by atoms with Crippen molar-refractivity contribution in [3.05, 3.63) is 53.3 Å². The molecule has 0 aliphatic carbocycles. The summed E-state index contributed by atoms with van der Waals surface area (Å²) in [6.07, 6.45) is 3.66. The molecule has 0 aliphatic rings. The van der Waals surface area contributed by atoms with Crippen molar-refractivity contribution < 1.29 is 4.74 Å². The van der Waals surface area contributed by atoms with Gasteiger partial charge in [-0.1, -0.05) is 17.7 Å². The van der Waals surface area contributed by atoms with Gasteiger partial charge >= 0.3 is 0 Å². The average Bonchev–Trinajstić information content (AvgIpc) is 2.84. The van der Waals surface area contributed by atoms with Gasteiger partial charge in [-0.3, -0.25) is 0 Å². The van der Waals surface area contributed by atoms with Gasteiger partial charge < -0.3 is 9.72 Å². The van der Waals surface area contributed by atoms with E-state index in [0.717, 1.165) is 22.4 Å². The number of methoxy groups -OCH3 is 1. The van der Waals surface area contributed by atoms with E-state index in [1.807, 2.05) is 43.6 Å². The van der Waals surface area contributed by atoms with Gasteiger partial charge in [-0.05, 0) is 24.6 Å². The molecule has 1 heterocycles. The second-order valence-corrected chi connectivity index (χ2v) is 3.95. The molecular weight excluding hydrogens is 212 g/mol. The second-order valence-electron chi connectivity index (χ2n) is 3.95. The number of nitrogens with zero attached hydrogens (tertiary/aromatic N) is 1. The number of aromatic amines is 1. The van der Waals surface area contributed by atoms with Gasteiger partial charge in [-0.25, -0.2) is 0 Å². The van der Waals surface area contributed by atoms with E-state index in [1.165, 1.54) is 0 Å². The number of H-pyrrole nitrogens is 1. The zero-order chi connectivity index (χ0) is 12.3. The fourth-order valence-electron chi connectivity index (χ4n) is 1.92. The van der Waals surface area contributed by atoms with Crippen LogP contribution < -0.4 is 4.74 Å². The van der Waals surface area contributed by atoms with Crippen molar-refractivity contribution in [1.29, 1.82) is 5.26 Å². The van der Waals surface area contributed by atoms with Crippen molar-refractivity contribution in [3.63, 3.8) is 0 Å². The molecule has 0 amide bonds.